The van der Waals surface area contributed by atoms with E-state index >= 15 is 0 Å². The summed E-state index contributed by atoms with van der Waals surface area (Å²) in [6.07, 6.45) is 1.27. The molecule has 0 atom stereocenters. The molecular weight excluding hydrogens is 310 g/mol. The lowest BCUT2D eigenvalue weighted by Crippen LogP contribution is -2.15. The number of aryl methyl sites for hydroxylation is 3. The van der Waals surface area contributed by atoms with Crippen LogP contribution in [0.1, 0.15) is 28.5 Å². The Balaban J connectivity index is 2.62. The van der Waals surface area contributed by atoms with E-state index < -0.39 is 11.9 Å². The Morgan fingerprint density at radius 1 is 0.958 bits per heavy atom. The normalized spacial score (nSPS) is 11.8. The molecule has 2 N–H and O–H groups in total. The number of carboxylic acids is 2. The topological polar surface area (TPSA) is 113 Å². The van der Waals surface area contributed by atoms with E-state index in [9.17, 15) is 19.8 Å². The van der Waals surface area contributed by atoms with Gasteiger partial charge in [0.05, 0.1) is 39.6 Å². The molecule has 0 fully saturated rings. The lowest BCUT2D eigenvalue weighted by molar-refractivity contribution is -0.134. The second kappa shape index (κ2) is 6.99. The summed E-state index contributed by atoms with van der Waals surface area (Å²) in [4.78, 5) is 36.0. The molecule has 7 nitrogen and oxygen atoms in total. The van der Waals surface area contributed by atoms with Crippen LogP contribution in [0.25, 0.3) is 5.57 Å². The molecule has 2 rings (SSSR count). The van der Waals surface area contributed by atoms with E-state index in [4.69, 9.17) is 0 Å². The fourth-order valence-electron chi connectivity index (χ4n) is 2.27. The smallest absolute Gasteiger partial charge is 0.338 e. The summed E-state index contributed by atoms with van der Waals surface area (Å²) in [7, 11) is 0. The predicted molar refractivity (Wildman–Crippen MR) is 86.4 cm³/mol. The number of aliphatic carboxylic acids is 2. The van der Waals surface area contributed by atoms with Crippen molar-refractivity contribution >= 4 is 17.5 Å². The molecule has 0 aliphatic rings. The third-order valence-electron chi connectivity index (χ3n) is 3.62. The highest BCUT2D eigenvalue weighted by molar-refractivity contribution is 6.21. The van der Waals surface area contributed by atoms with Gasteiger partial charge in [-0.25, -0.2) is 9.59 Å². The molecule has 0 aliphatic heterocycles. The Morgan fingerprint density at radius 2 is 1.62 bits per heavy atom. The molecule has 0 aromatic carbocycles. The zero-order valence-electron chi connectivity index (χ0n) is 13.6. The van der Waals surface area contributed by atoms with Gasteiger partial charge in [-0.15, -0.1) is 0 Å². The summed E-state index contributed by atoms with van der Waals surface area (Å²) in [6.45, 7) is 5.30. The van der Waals surface area contributed by atoms with Crippen molar-refractivity contribution in [2.75, 3.05) is 0 Å². The van der Waals surface area contributed by atoms with Gasteiger partial charge < -0.3 is 10.2 Å². The number of carboxylic acid groups (broad SMARTS) is 2. The highest BCUT2D eigenvalue weighted by Crippen LogP contribution is 2.22. The maximum atomic E-state index is 11.7. The van der Waals surface area contributed by atoms with E-state index in [0.717, 1.165) is 5.69 Å². The van der Waals surface area contributed by atoms with Crippen LogP contribution in [0.2, 0.25) is 0 Å². The van der Waals surface area contributed by atoms with Crippen LogP contribution in [0.15, 0.2) is 30.0 Å². The maximum absolute atomic E-state index is 11.7. The Hall–Kier alpha value is -3.09. The van der Waals surface area contributed by atoms with Crippen molar-refractivity contribution in [1.82, 2.24) is 15.0 Å². The molecule has 0 saturated carbocycles. The first kappa shape index (κ1) is 17.3. The average molecular weight is 327 g/mol. The van der Waals surface area contributed by atoms with Gasteiger partial charge in [0, 0.05) is 12.6 Å². The molecule has 0 unspecified atom stereocenters. The van der Waals surface area contributed by atoms with Gasteiger partial charge in [0.25, 0.3) is 0 Å². The fraction of sp³-hybridized carbons (Fsp3) is 0.235. The summed E-state index contributed by atoms with van der Waals surface area (Å²) in [5.41, 5.74) is 1.91. The van der Waals surface area contributed by atoms with E-state index in [1.54, 1.807) is 26.0 Å². The summed E-state index contributed by atoms with van der Waals surface area (Å²) in [5.74, 6) is -2.67. The van der Waals surface area contributed by atoms with Crippen LogP contribution < -0.4 is 0 Å². The fourth-order valence-corrected chi connectivity index (χ4v) is 2.27. The van der Waals surface area contributed by atoms with Crippen molar-refractivity contribution in [2.24, 2.45) is 0 Å². The second-order valence-electron chi connectivity index (χ2n) is 5.28. The molecule has 0 radical (unpaired) electrons. The Labute approximate surface area is 138 Å². The molecule has 2 aromatic rings. The van der Waals surface area contributed by atoms with Gasteiger partial charge in [-0.2, -0.15) is 0 Å². The largest absolute Gasteiger partial charge is 0.478 e. The van der Waals surface area contributed by atoms with Crippen LogP contribution in [0, 0.1) is 20.8 Å². The van der Waals surface area contributed by atoms with Gasteiger partial charge in [-0.3, -0.25) is 15.0 Å². The van der Waals surface area contributed by atoms with E-state index in [0.29, 0.717) is 17.1 Å². The lowest BCUT2D eigenvalue weighted by Gasteiger charge is -2.11. The first-order valence-electron chi connectivity index (χ1n) is 7.23. The minimum Gasteiger partial charge on any atom is -0.478 e. The van der Waals surface area contributed by atoms with Crippen molar-refractivity contribution in [1.29, 1.82) is 0 Å². The highest BCUT2D eigenvalue weighted by atomic mass is 16.4. The minimum atomic E-state index is -1.35. The third kappa shape index (κ3) is 3.62. The van der Waals surface area contributed by atoms with E-state index in [1.807, 2.05) is 6.92 Å². The number of pyridine rings is 1. The average Bonchev–Trinajstić information content (AvgIpc) is 2.52. The third-order valence-corrected chi connectivity index (χ3v) is 3.62. The monoisotopic (exact) mass is 327 g/mol. The molecule has 0 saturated heterocycles. The molecule has 0 spiro atoms. The Bertz CT molecular complexity index is 829. The molecule has 2 aromatic heterocycles. The second-order valence-corrected chi connectivity index (χ2v) is 5.28. The van der Waals surface area contributed by atoms with Gasteiger partial charge >= 0.3 is 11.9 Å². The van der Waals surface area contributed by atoms with Gasteiger partial charge in [-0.05, 0) is 32.9 Å². The van der Waals surface area contributed by atoms with Crippen molar-refractivity contribution in [3.05, 3.63) is 58.4 Å². The van der Waals surface area contributed by atoms with Gasteiger partial charge in [-0.1, -0.05) is 6.07 Å². The molecule has 24 heavy (non-hydrogen) atoms. The number of rotatable bonds is 5. The number of nitrogens with zero attached hydrogens (tertiary/aromatic N) is 3. The van der Waals surface area contributed by atoms with Crippen LogP contribution in [-0.4, -0.2) is 37.1 Å². The van der Waals surface area contributed by atoms with Gasteiger partial charge in [0.1, 0.15) is 0 Å². The number of aromatic nitrogens is 3. The van der Waals surface area contributed by atoms with Crippen LogP contribution in [0.5, 0.6) is 0 Å². The molecule has 2 heterocycles. The first-order valence-corrected chi connectivity index (χ1v) is 7.23. The quantitative estimate of drug-likeness (QED) is 0.807. The minimum absolute atomic E-state index is 0.0943. The molecule has 0 amide bonds. The van der Waals surface area contributed by atoms with Crippen molar-refractivity contribution in [3.8, 4) is 0 Å². The molecule has 0 aliphatic carbocycles. The first-order chi connectivity index (χ1) is 11.3. The molecule has 124 valence electrons. The Morgan fingerprint density at radius 3 is 2.17 bits per heavy atom. The van der Waals surface area contributed by atoms with Gasteiger partial charge in [0.2, 0.25) is 0 Å². The standard InChI is InChI=1S/C17H17N3O4/c1-9-10(2)20-14(11(3)19-9)8-12(16(21)22)15(17(23)24)13-6-4-5-7-18-13/h4-7H,8H2,1-3H3,(H,21,22)(H,23,24)/b15-12+. The van der Waals surface area contributed by atoms with Crippen molar-refractivity contribution in [2.45, 2.75) is 27.2 Å². The zero-order valence-corrected chi connectivity index (χ0v) is 13.6. The number of hydrogen-bond acceptors (Lipinski definition) is 5. The Kier molecular flexibility index (Phi) is 5.03. The molecular formula is C17H17N3O4. The summed E-state index contributed by atoms with van der Waals surface area (Å²) < 4.78 is 0. The number of hydrogen-bond donors (Lipinski definition) is 2. The van der Waals surface area contributed by atoms with Crippen LogP contribution in [-0.2, 0) is 16.0 Å². The van der Waals surface area contributed by atoms with Gasteiger partial charge in [0.15, 0.2) is 0 Å². The van der Waals surface area contributed by atoms with E-state index in [1.165, 1.54) is 12.3 Å². The predicted octanol–water partition coefficient (Wildman–Crippen LogP) is 1.96. The maximum Gasteiger partial charge on any atom is 0.338 e. The van der Waals surface area contributed by atoms with Crippen LogP contribution in [0.4, 0.5) is 0 Å². The summed E-state index contributed by atoms with van der Waals surface area (Å²) >= 11 is 0. The van der Waals surface area contributed by atoms with Crippen molar-refractivity contribution in [3.63, 3.8) is 0 Å². The lowest BCUT2D eigenvalue weighted by atomic mass is 9.99. The van der Waals surface area contributed by atoms with Crippen molar-refractivity contribution < 1.29 is 19.8 Å². The van der Waals surface area contributed by atoms with E-state index in [-0.39, 0.29) is 23.3 Å². The molecule has 0 bridgehead atoms. The SMILES string of the molecule is Cc1nc(C)c(C/C(C(=O)O)=C(\C(=O)O)c2ccccn2)nc1C. The van der Waals surface area contributed by atoms with E-state index in [2.05, 4.69) is 15.0 Å². The summed E-state index contributed by atoms with van der Waals surface area (Å²) in [6, 6.07) is 4.69. The number of carbonyl (C=O) groups is 2. The zero-order chi connectivity index (χ0) is 17.9. The molecule has 7 heteroatoms. The van der Waals surface area contributed by atoms with Crippen LogP contribution >= 0.6 is 0 Å². The summed E-state index contributed by atoms with van der Waals surface area (Å²) in [5, 5.41) is 19.0. The highest BCUT2D eigenvalue weighted by Gasteiger charge is 2.24. The van der Waals surface area contributed by atoms with Crippen LogP contribution in [0.3, 0.4) is 0 Å².